The molecule has 1 aromatic carbocycles. The number of oxime groups is 1. The van der Waals surface area contributed by atoms with Crippen molar-refractivity contribution in [2.75, 3.05) is 0 Å². The average molecular weight is 304 g/mol. The van der Waals surface area contributed by atoms with Crippen molar-refractivity contribution in [3.63, 3.8) is 0 Å². The first-order chi connectivity index (χ1) is 10.1. The molecule has 0 saturated carbocycles. The lowest BCUT2D eigenvalue weighted by Crippen LogP contribution is -2.29. The minimum absolute atomic E-state index is 0.0266. The van der Waals surface area contributed by atoms with Gasteiger partial charge in [-0.1, -0.05) is 35.5 Å². The van der Waals surface area contributed by atoms with Crippen molar-refractivity contribution in [1.82, 2.24) is 10.3 Å². The molecule has 2 atom stereocenters. The van der Waals surface area contributed by atoms with Gasteiger partial charge in [0, 0.05) is 23.5 Å². The number of nitrogens with one attached hydrogen (secondary N) is 1. The van der Waals surface area contributed by atoms with Gasteiger partial charge in [0.2, 0.25) is 0 Å². The lowest BCUT2D eigenvalue weighted by Gasteiger charge is -2.22. The second kappa shape index (κ2) is 7.19. The van der Waals surface area contributed by atoms with Crippen molar-refractivity contribution in [3.8, 4) is 0 Å². The fourth-order valence-corrected chi connectivity index (χ4v) is 2.94. The molecule has 2 unspecified atom stereocenters. The summed E-state index contributed by atoms with van der Waals surface area (Å²) in [7, 11) is 0. The van der Waals surface area contributed by atoms with Gasteiger partial charge in [0.25, 0.3) is 0 Å². The van der Waals surface area contributed by atoms with Crippen LogP contribution < -0.4 is 11.1 Å². The van der Waals surface area contributed by atoms with Crippen molar-refractivity contribution in [1.29, 1.82) is 0 Å². The van der Waals surface area contributed by atoms with Crippen LogP contribution in [0.5, 0.6) is 0 Å². The summed E-state index contributed by atoms with van der Waals surface area (Å²) < 4.78 is 0. The van der Waals surface area contributed by atoms with Crippen LogP contribution in [0.15, 0.2) is 41.7 Å². The van der Waals surface area contributed by atoms with Crippen LogP contribution in [0.2, 0.25) is 0 Å². The molecule has 4 N–H and O–H groups in total. The van der Waals surface area contributed by atoms with E-state index in [-0.39, 0.29) is 17.9 Å². The van der Waals surface area contributed by atoms with Gasteiger partial charge in [-0.05, 0) is 19.4 Å². The molecule has 2 aromatic rings. The number of thiazole rings is 1. The van der Waals surface area contributed by atoms with E-state index in [9.17, 15) is 0 Å². The Morgan fingerprint density at radius 3 is 2.71 bits per heavy atom. The molecule has 112 valence electrons. The lowest BCUT2D eigenvalue weighted by atomic mass is 10.0. The quantitative estimate of drug-likeness (QED) is 0.331. The van der Waals surface area contributed by atoms with Crippen molar-refractivity contribution < 1.29 is 5.21 Å². The summed E-state index contributed by atoms with van der Waals surface area (Å²) in [6, 6.07) is 10.1. The van der Waals surface area contributed by atoms with E-state index in [1.807, 2.05) is 43.5 Å². The second-order valence-electron chi connectivity index (χ2n) is 4.96. The largest absolute Gasteiger partial charge is 0.409 e. The van der Waals surface area contributed by atoms with Crippen molar-refractivity contribution in [2.24, 2.45) is 10.9 Å². The number of amidine groups is 1. The van der Waals surface area contributed by atoms with Gasteiger partial charge in [0.05, 0.1) is 6.04 Å². The van der Waals surface area contributed by atoms with Gasteiger partial charge < -0.3 is 16.3 Å². The van der Waals surface area contributed by atoms with E-state index in [1.165, 1.54) is 4.88 Å². The summed E-state index contributed by atoms with van der Waals surface area (Å²) in [6.07, 6.45) is 2.31. The second-order valence-corrected chi connectivity index (χ2v) is 6.22. The Kier molecular flexibility index (Phi) is 5.30. The fraction of sp³-hybridized carbons (Fsp3) is 0.333. The maximum absolute atomic E-state index is 8.81. The number of hydrogen-bond donors (Lipinski definition) is 3. The van der Waals surface area contributed by atoms with E-state index >= 15 is 0 Å². The van der Waals surface area contributed by atoms with Crippen LogP contribution in [-0.2, 0) is 0 Å². The third kappa shape index (κ3) is 4.27. The molecular weight excluding hydrogens is 284 g/mol. The standard InChI is InChI=1S/C15H20N4OS/c1-10-9-17-15(21-10)11(2)18-13(8-14(16)19-20)12-6-4-3-5-7-12/h3-7,9,11,13,18,20H,8H2,1-2H3,(H2,16,19). The SMILES string of the molecule is Cc1cnc(C(C)NC(C/C(N)=N/O)c2ccccc2)s1. The highest BCUT2D eigenvalue weighted by molar-refractivity contribution is 7.11. The van der Waals surface area contributed by atoms with Gasteiger partial charge in [0.15, 0.2) is 0 Å². The minimum atomic E-state index is -0.0266. The van der Waals surface area contributed by atoms with Gasteiger partial charge in [-0.15, -0.1) is 11.3 Å². The zero-order valence-corrected chi connectivity index (χ0v) is 13.0. The first-order valence-corrected chi connectivity index (χ1v) is 7.61. The molecule has 0 aliphatic rings. The first kappa shape index (κ1) is 15.5. The average Bonchev–Trinajstić information content (AvgIpc) is 2.94. The molecule has 6 heteroatoms. The maximum Gasteiger partial charge on any atom is 0.141 e. The number of aromatic nitrogens is 1. The summed E-state index contributed by atoms with van der Waals surface area (Å²) in [5.41, 5.74) is 6.78. The van der Waals surface area contributed by atoms with E-state index < -0.39 is 0 Å². The zero-order chi connectivity index (χ0) is 15.2. The van der Waals surface area contributed by atoms with E-state index in [4.69, 9.17) is 10.9 Å². The van der Waals surface area contributed by atoms with Crippen LogP contribution >= 0.6 is 11.3 Å². The molecule has 21 heavy (non-hydrogen) atoms. The third-order valence-corrected chi connectivity index (χ3v) is 4.30. The number of hydrogen-bond acceptors (Lipinski definition) is 5. The predicted molar refractivity (Wildman–Crippen MR) is 85.6 cm³/mol. The lowest BCUT2D eigenvalue weighted by molar-refractivity contribution is 0.315. The third-order valence-electron chi connectivity index (χ3n) is 3.20. The molecule has 1 heterocycles. The molecule has 0 radical (unpaired) electrons. The molecule has 0 aliphatic heterocycles. The molecular formula is C15H20N4OS. The number of nitrogens with two attached hydrogens (primary N) is 1. The highest BCUT2D eigenvalue weighted by atomic mass is 32.1. The van der Waals surface area contributed by atoms with E-state index in [0.717, 1.165) is 10.6 Å². The Hall–Kier alpha value is -1.92. The molecule has 0 saturated heterocycles. The Balaban J connectivity index is 2.16. The summed E-state index contributed by atoms with van der Waals surface area (Å²) in [4.78, 5) is 5.59. The van der Waals surface area contributed by atoms with Crippen LogP contribution in [0.3, 0.4) is 0 Å². The van der Waals surface area contributed by atoms with E-state index in [2.05, 4.69) is 22.4 Å². The van der Waals surface area contributed by atoms with Gasteiger partial charge in [0.1, 0.15) is 10.8 Å². The van der Waals surface area contributed by atoms with Crippen molar-refractivity contribution in [2.45, 2.75) is 32.4 Å². The molecule has 0 bridgehead atoms. The predicted octanol–water partition coefficient (Wildman–Crippen LogP) is 2.98. The Morgan fingerprint density at radius 2 is 2.14 bits per heavy atom. The van der Waals surface area contributed by atoms with E-state index in [0.29, 0.717) is 6.42 Å². The summed E-state index contributed by atoms with van der Waals surface area (Å²) >= 11 is 1.67. The topological polar surface area (TPSA) is 83.5 Å². The zero-order valence-electron chi connectivity index (χ0n) is 12.2. The smallest absolute Gasteiger partial charge is 0.141 e. The summed E-state index contributed by atoms with van der Waals surface area (Å²) in [5.74, 6) is 0.207. The monoisotopic (exact) mass is 304 g/mol. The number of rotatable bonds is 6. The van der Waals surface area contributed by atoms with Crippen LogP contribution in [0.4, 0.5) is 0 Å². The molecule has 0 spiro atoms. The van der Waals surface area contributed by atoms with Gasteiger partial charge in [-0.3, -0.25) is 0 Å². The Labute approximate surface area is 128 Å². The summed E-state index contributed by atoms with van der Waals surface area (Å²) in [6.45, 7) is 4.11. The highest BCUT2D eigenvalue weighted by Crippen LogP contribution is 2.24. The van der Waals surface area contributed by atoms with Crippen molar-refractivity contribution >= 4 is 17.2 Å². The highest BCUT2D eigenvalue weighted by Gasteiger charge is 2.18. The number of aryl methyl sites for hydroxylation is 1. The number of nitrogens with zero attached hydrogens (tertiary/aromatic N) is 2. The Bertz CT molecular complexity index is 597. The van der Waals surface area contributed by atoms with E-state index in [1.54, 1.807) is 11.3 Å². The molecule has 0 amide bonds. The first-order valence-electron chi connectivity index (χ1n) is 6.80. The normalized spacial score (nSPS) is 14.9. The molecule has 1 aromatic heterocycles. The molecule has 0 fully saturated rings. The maximum atomic E-state index is 8.81. The van der Waals surface area contributed by atoms with Crippen LogP contribution in [0, 0.1) is 6.92 Å². The van der Waals surface area contributed by atoms with Gasteiger partial charge in [-0.25, -0.2) is 4.98 Å². The van der Waals surface area contributed by atoms with Gasteiger partial charge >= 0.3 is 0 Å². The van der Waals surface area contributed by atoms with Crippen LogP contribution in [0.25, 0.3) is 0 Å². The summed E-state index contributed by atoms with van der Waals surface area (Å²) in [5, 5.41) is 16.4. The van der Waals surface area contributed by atoms with Crippen LogP contribution in [-0.4, -0.2) is 16.0 Å². The molecule has 2 rings (SSSR count). The minimum Gasteiger partial charge on any atom is -0.409 e. The fourth-order valence-electron chi connectivity index (χ4n) is 2.15. The molecule has 5 nitrogen and oxygen atoms in total. The Morgan fingerprint density at radius 1 is 1.43 bits per heavy atom. The molecule has 0 aliphatic carbocycles. The van der Waals surface area contributed by atoms with Crippen LogP contribution in [0.1, 0.15) is 40.9 Å². The number of benzene rings is 1. The van der Waals surface area contributed by atoms with Gasteiger partial charge in [-0.2, -0.15) is 0 Å². The van der Waals surface area contributed by atoms with Crippen molar-refractivity contribution in [3.05, 3.63) is 52.0 Å².